The van der Waals surface area contributed by atoms with Crippen LogP contribution in [0.15, 0.2) is 42.5 Å². The molecular weight excluding hydrogens is 304 g/mol. The van der Waals surface area contributed by atoms with Crippen LogP contribution < -0.4 is 0 Å². The third-order valence-corrected chi connectivity index (χ3v) is 4.74. The molecule has 1 aliphatic rings. The van der Waals surface area contributed by atoms with Gasteiger partial charge < -0.3 is 14.9 Å². The van der Waals surface area contributed by atoms with Crippen molar-refractivity contribution in [2.24, 2.45) is 0 Å². The molecule has 0 aromatic heterocycles. The lowest BCUT2D eigenvalue weighted by Gasteiger charge is -2.28. The summed E-state index contributed by atoms with van der Waals surface area (Å²) >= 11 is 0. The van der Waals surface area contributed by atoms with Crippen LogP contribution in [0.2, 0.25) is 0 Å². The lowest BCUT2D eigenvalue weighted by atomic mass is 9.83. The van der Waals surface area contributed by atoms with Crippen LogP contribution >= 0.6 is 0 Å². The number of hydrogen-bond donors (Lipinski definition) is 2. The predicted octanol–water partition coefficient (Wildman–Crippen LogP) is 4.29. The summed E-state index contributed by atoms with van der Waals surface area (Å²) in [6.45, 7) is 1.79. The summed E-state index contributed by atoms with van der Waals surface area (Å²) in [6.07, 6.45) is 3.57. The zero-order valence-corrected chi connectivity index (χ0v) is 13.7. The molecule has 126 valence electrons. The van der Waals surface area contributed by atoms with E-state index in [0.717, 1.165) is 31.2 Å². The second-order valence-electron chi connectivity index (χ2n) is 6.47. The first-order valence-electron chi connectivity index (χ1n) is 8.32. The molecular formula is C20H22O4. The third kappa shape index (κ3) is 3.70. The molecule has 1 aliphatic carbocycles. The SMILES string of the molecule is Cc1cc(O)ccc1C(=O)OC1CCC(c2ccc(O)cc2)CC1. The zero-order valence-electron chi connectivity index (χ0n) is 13.7. The molecule has 3 rings (SSSR count). The lowest BCUT2D eigenvalue weighted by molar-refractivity contribution is 0.0194. The molecule has 1 saturated carbocycles. The van der Waals surface area contributed by atoms with Gasteiger partial charge in [-0.1, -0.05) is 12.1 Å². The van der Waals surface area contributed by atoms with E-state index in [4.69, 9.17) is 4.74 Å². The van der Waals surface area contributed by atoms with Gasteiger partial charge in [0.15, 0.2) is 0 Å². The molecule has 2 N–H and O–H groups in total. The molecule has 0 saturated heterocycles. The molecule has 0 bridgehead atoms. The average Bonchev–Trinajstić information content (AvgIpc) is 2.56. The number of aryl methyl sites for hydroxylation is 1. The van der Waals surface area contributed by atoms with E-state index in [1.165, 1.54) is 11.6 Å². The van der Waals surface area contributed by atoms with E-state index in [1.54, 1.807) is 31.2 Å². The Hall–Kier alpha value is -2.49. The molecule has 1 fully saturated rings. The van der Waals surface area contributed by atoms with Crippen LogP contribution in [-0.4, -0.2) is 22.3 Å². The van der Waals surface area contributed by atoms with Gasteiger partial charge in [-0.05, 0) is 80.0 Å². The quantitative estimate of drug-likeness (QED) is 0.826. The maximum Gasteiger partial charge on any atom is 0.338 e. The smallest absolute Gasteiger partial charge is 0.338 e. The summed E-state index contributed by atoms with van der Waals surface area (Å²) in [5.74, 6) is 0.570. The van der Waals surface area contributed by atoms with Crippen molar-refractivity contribution in [1.29, 1.82) is 0 Å². The maximum absolute atomic E-state index is 12.3. The van der Waals surface area contributed by atoms with Gasteiger partial charge in [-0.2, -0.15) is 0 Å². The van der Waals surface area contributed by atoms with Crippen molar-refractivity contribution in [3.63, 3.8) is 0 Å². The number of aromatic hydroxyl groups is 2. The highest BCUT2D eigenvalue weighted by Gasteiger charge is 2.25. The minimum Gasteiger partial charge on any atom is -0.508 e. The van der Waals surface area contributed by atoms with Crippen LogP contribution in [0.4, 0.5) is 0 Å². The fourth-order valence-electron chi connectivity index (χ4n) is 3.35. The maximum atomic E-state index is 12.3. The van der Waals surface area contributed by atoms with Crippen LogP contribution in [0.25, 0.3) is 0 Å². The Kier molecular flexibility index (Phi) is 4.74. The molecule has 0 heterocycles. The number of phenols is 2. The van der Waals surface area contributed by atoms with Crippen LogP contribution in [0.1, 0.15) is 53.1 Å². The monoisotopic (exact) mass is 326 g/mol. The van der Waals surface area contributed by atoms with Gasteiger partial charge in [0.2, 0.25) is 0 Å². The van der Waals surface area contributed by atoms with Crippen LogP contribution in [0.3, 0.4) is 0 Å². The van der Waals surface area contributed by atoms with Gasteiger partial charge in [0.25, 0.3) is 0 Å². The predicted molar refractivity (Wildman–Crippen MR) is 91.4 cm³/mol. The number of hydrogen-bond acceptors (Lipinski definition) is 4. The van der Waals surface area contributed by atoms with Crippen molar-refractivity contribution in [3.8, 4) is 11.5 Å². The molecule has 0 atom stereocenters. The standard InChI is InChI=1S/C20H22O4/c1-13-12-17(22)8-11-19(13)20(23)24-18-9-4-15(5-10-18)14-2-6-16(21)7-3-14/h2-3,6-8,11-12,15,18,21-22H,4-5,9-10H2,1H3. The molecule has 4 heteroatoms. The molecule has 2 aromatic rings. The molecule has 4 nitrogen and oxygen atoms in total. The van der Waals surface area contributed by atoms with E-state index in [9.17, 15) is 15.0 Å². The van der Waals surface area contributed by atoms with Gasteiger partial charge in [-0.15, -0.1) is 0 Å². The Morgan fingerprint density at radius 1 is 0.958 bits per heavy atom. The fourth-order valence-corrected chi connectivity index (χ4v) is 3.35. The van der Waals surface area contributed by atoms with Crippen molar-refractivity contribution >= 4 is 5.97 Å². The van der Waals surface area contributed by atoms with Crippen molar-refractivity contribution < 1.29 is 19.7 Å². The van der Waals surface area contributed by atoms with E-state index in [1.807, 2.05) is 12.1 Å². The summed E-state index contributed by atoms with van der Waals surface area (Å²) in [6, 6.07) is 12.0. The summed E-state index contributed by atoms with van der Waals surface area (Å²) in [7, 11) is 0. The summed E-state index contributed by atoms with van der Waals surface area (Å²) in [4.78, 5) is 12.3. The van der Waals surface area contributed by atoms with Crippen molar-refractivity contribution in [1.82, 2.24) is 0 Å². The van der Waals surface area contributed by atoms with Crippen LogP contribution in [0, 0.1) is 6.92 Å². The molecule has 0 radical (unpaired) electrons. The topological polar surface area (TPSA) is 66.8 Å². The van der Waals surface area contributed by atoms with Crippen LogP contribution in [-0.2, 0) is 4.74 Å². The molecule has 0 unspecified atom stereocenters. The average molecular weight is 326 g/mol. The van der Waals surface area contributed by atoms with Gasteiger partial charge in [0.1, 0.15) is 17.6 Å². The first kappa shape index (κ1) is 16.4. The molecule has 0 aliphatic heterocycles. The molecule has 2 aromatic carbocycles. The van der Waals surface area contributed by atoms with E-state index >= 15 is 0 Å². The number of benzene rings is 2. The Morgan fingerprint density at radius 2 is 1.58 bits per heavy atom. The van der Waals surface area contributed by atoms with Crippen molar-refractivity contribution in [2.45, 2.75) is 44.6 Å². The van der Waals surface area contributed by atoms with Gasteiger partial charge in [-0.3, -0.25) is 0 Å². The largest absolute Gasteiger partial charge is 0.508 e. The Bertz CT molecular complexity index is 713. The number of ether oxygens (including phenoxy) is 1. The van der Waals surface area contributed by atoms with Gasteiger partial charge in [0.05, 0.1) is 5.56 Å². The summed E-state index contributed by atoms with van der Waals surface area (Å²) in [5.41, 5.74) is 2.46. The molecule has 0 amide bonds. The van der Waals surface area contributed by atoms with Crippen molar-refractivity contribution in [2.75, 3.05) is 0 Å². The fraction of sp³-hybridized carbons (Fsp3) is 0.350. The zero-order chi connectivity index (χ0) is 17.1. The number of phenolic OH excluding ortho intramolecular Hbond substituents is 2. The highest BCUT2D eigenvalue weighted by Crippen LogP contribution is 2.35. The Morgan fingerprint density at radius 3 is 2.21 bits per heavy atom. The normalized spacial score (nSPS) is 20.5. The van der Waals surface area contributed by atoms with E-state index in [2.05, 4.69) is 0 Å². The van der Waals surface area contributed by atoms with E-state index < -0.39 is 0 Å². The number of carbonyl (C=O) groups is 1. The first-order chi connectivity index (χ1) is 11.5. The molecule has 24 heavy (non-hydrogen) atoms. The number of esters is 1. The summed E-state index contributed by atoms with van der Waals surface area (Å²) in [5, 5.41) is 18.8. The van der Waals surface area contributed by atoms with Gasteiger partial charge >= 0.3 is 5.97 Å². The first-order valence-corrected chi connectivity index (χ1v) is 8.32. The van der Waals surface area contributed by atoms with E-state index in [0.29, 0.717) is 11.5 Å². The second kappa shape index (κ2) is 6.95. The Balaban J connectivity index is 1.57. The third-order valence-electron chi connectivity index (χ3n) is 4.74. The number of rotatable bonds is 3. The highest BCUT2D eigenvalue weighted by molar-refractivity contribution is 5.91. The summed E-state index contributed by atoms with van der Waals surface area (Å²) < 4.78 is 5.64. The molecule has 0 spiro atoms. The van der Waals surface area contributed by atoms with Crippen LogP contribution in [0.5, 0.6) is 11.5 Å². The minimum absolute atomic E-state index is 0.0564. The number of carbonyl (C=O) groups excluding carboxylic acids is 1. The van der Waals surface area contributed by atoms with Crippen molar-refractivity contribution in [3.05, 3.63) is 59.2 Å². The Labute approximate surface area is 141 Å². The van der Waals surface area contributed by atoms with Gasteiger partial charge in [-0.25, -0.2) is 4.79 Å². The minimum atomic E-state index is -0.319. The van der Waals surface area contributed by atoms with Gasteiger partial charge in [0, 0.05) is 0 Å². The second-order valence-corrected chi connectivity index (χ2v) is 6.47. The lowest BCUT2D eigenvalue weighted by Crippen LogP contribution is -2.24. The van der Waals surface area contributed by atoms with E-state index in [-0.39, 0.29) is 23.6 Å². The highest BCUT2D eigenvalue weighted by atomic mass is 16.5.